The van der Waals surface area contributed by atoms with E-state index in [4.69, 9.17) is 21.1 Å². The smallest absolute Gasteiger partial charge is 0.416 e. The maximum Gasteiger partial charge on any atom is 0.416 e. The average Bonchev–Trinajstić information content (AvgIpc) is 3.16. The van der Waals surface area contributed by atoms with Crippen LogP contribution in [0.3, 0.4) is 0 Å². The molecule has 2 aliphatic heterocycles. The minimum absolute atomic E-state index is 0.320. The van der Waals surface area contributed by atoms with Crippen molar-refractivity contribution >= 4 is 23.4 Å². The van der Waals surface area contributed by atoms with Crippen molar-refractivity contribution < 1.29 is 14.3 Å². The number of para-hydroxylation sites is 1. The van der Waals surface area contributed by atoms with Crippen LogP contribution in [-0.4, -0.2) is 6.09 Å². The molecule has 0 aromatic heterocycles. The summed E-state index contributed by atoms with van der Waals surface area (Å²) in [6.45, 7) is 0. The molecule has 1 amide bonds. The van der Waals surface area contributed by atoms with Gasteiger partial charge in [-0.1, -0.05) is 54.1 Å². The van der Waals surface area contributed by atoms with E-state index in [0.29, 0.717) is 16.5 Å². The fourth-order valence-corrected chi connectivity index (χ4v) is 5.05. The lowest BCUT2D eigenvalue weighted by molar-refractivity contribution is 0.0340. The number of carbonyl (C=O) groups excluding carboxylic acids is 1. The zero-order valence-corrected chi connectivity index (χ0v) is 15.6. The van der Waals surface area contributed by atoms with Gasteiger partial charge in [-0.3, -0.25) is 4.90 Å². The molecule has 28 heavy (non-hydrogen) atoms. The van der Waals surface area contributed by atoms with Gasteiger partial charge in [0.25, 0.3) is 0 Å². The molecular formula is C23H16ClNO3. The fraction of sp³-hybridized carbons (Fsp3) is 0.174. The van der Waals surface area contributed by atoms with Gasteiger partial charge in [0.2, 0.25) is 0 Å². The first-order valence-corrected chi connectivity index (χ1v) is 9.72. The largest absolute Gasteiger partial charge is 0.455 e. The third-order valence-electron chi connectivity index (χ3n) is 6.02. The van der Waals surface area contributed by atoms with Gasteiger partial charge in [0, 0.05) is 16.1 Å². The highest BCUT2D eigenvalue weighted by molar-refractivity contribution is 6.31. The minimum Gasteiger partial charge on any atom is -0.455 e. The second kappa shape index (κ2) is 5.52. The molecule has 2 atom stereocenters. The summed E-state index contributed by atoms with van der Waals surface area (Å²) < 4.78 is 12.4. The van der Waals surface area contributed by atoms with Crippen molar-refractivity contribution in [3.05, 3.63) is 88.4 Å². The predicted octanol–water partition coefficient (Wildman–Crippen LogP) is 5.99. The first-order valence-electron chi connectivity index (χ1n) is 9.34. The quantitative estimate of drug-likeness (QED) is 0.474. The molecule has 0 N–H and O–H groups in total. The molecule has 5 heteroatoms. The van der Waals surface area contributed by atoms with E-state index in [2.05, 4.69) is 12.1 Å². The number of halogens is 1. The molecule has 138 valence electrons. The number of amides is 1. The normalized spacial score (nSPS) is 24.0. The van der Waals surface area contributed by atoms with Crippen LogP contribution in [0.15, 0.2) is 66.7 Å². The number of benzene rings is 3. The summed E-state index contributed by atoms with van der Waals surface area (Å²) in [5.41, 5.74) is 3.15. The number of anilines is 1. The van der Waals surface area contributed by atoms with Crippen LogP contribution in [0.1, 0.15) is 29.2 Å². The van der Waals surface area contributed by atoms with Gasteiger partial charge in [-0.15, -0.1) is 0 Å². The highest BCUT2D eigenvalue weighted by Gasteiger charge is 2.60. The van der Waals surface area contributed by atoms with Gasteiger partial charge in [-0.05, 0) is 42.7 Å². The summed E-state index contributed by atoms with van der Waals surface area (Å²) >= 11 is 6.28. The average molecular weight is 390 g/mol. The summed E-state index contributed by atoms with van der Waals surface area (Å²) in [6.07, 6.45) is 1.24. The Bertz CT molecular complexity index is 1140. The number of carbonyl (C=O) groups is 1. The van der Waals surface area contributed by atoms with Crippen LogP contribution in [-0.2, 0) is 16.8 Å². The minimum atomic E-state index is -0.739. The molecule has 0 radical (unpaired) electrons. The molecule has 1 aliphatic carbocycles. The fourth-order valence-electron chi connectivity index (χ4n) is 4.88. The second-order valence-electron chi connectivity index (χ2n) is 7.44. The molecule has 3 aliphatic rings. The van der Waals surface area contributed by atoms with Gasteiger partial charge in [0.05, 0.1) is 5.69 Å². The first kappa shape index (κ1) is 16.0. The Kier molecular flexibility index (Phi) is 3.16. The Morgan fingerprint density at radius 2 is 1.82 bits per heavy atom. The topological polar surface area (TPSA) is 38.8 Å². The molecule has 0 saturated carbocycles. The first-order chi connectivity index (χ1) is 13.7. The maximum absolute atomic E-state index is 13.2. The third kappa shape index (κ3) is 1.98. The third-order valence-corrected chi connectivity index (χ3v) is 6.25. The molecule has 0 bridgehead atoms. The second-order valence-corrected chi connectivity index (χ2v) is 7.88. The monoisotopic (exact) mass is 389 g/mol. The molecule has 0 unspecified atom stereocenters. The van der Waals surface area contributed by atoms with Crippen molar-refractivity contribution in [3.63, 3.8) is 0 Å². The van der Waals surface area contributed by atoms with E-state index in [0.717, 1.165) is 29.7 Å². The lowest BCUT2D eigenvalue weighted by Gasteiger charge is -2.32. The van der Waals surface area contributed by atoms with E-state index in [1.807, 2.05) is 36.4 Å². The van der Waals surface area contributed by atoms with Crippen LogP contribution >= 0.6 is 11.6 Å². The summed E-state index contributed by atoms with van der Waals surface area (Å²) in [5.74, 6) is 1.33. The van der Waals surface area contributed by atoms with Gasteiger partial charge >= 0.3 is 6.09 Å². The van der Waals surface area contributed by atoms with Gasteiger partial charge in [-0.2, -0.15) is 0 Å². The van der Waals surface area contributed by atoms with Crippen LogP contribution in [0.2, 0.25) is 5.02 Å². The Morgan fingerprint density at radius 1 is 1.00 bits per heavy atom. The van der Waals surface area contributed by atoms with Gasteiger partial charge in [0.1, 0.15) is 11.8 Å². The summed E-state index contributed by atoms with van der Waals surface area (Å²) in [7, 11) is 0. The number of ether oxygens (including phenoxy) is 2. The summed E-state index contributed by atoms with van der Waals surface area (Å²) in [6, 6.07) is 21.1. The number of hydrogen-bond acceptors (Lipinski definition) is 3. The molecule has 2 heterocycles. The Labute approximate surface area is 167 Å². The molecule has 3 aromatic rings. The Balaban J connectivity index is 1.66. The summed E-state index contributed by atoms with van der Waals surface area (Å²) in [4.78, 5) is 14.9. The predicted molar refractivity (Wildman–Crippen MR) is 106 cm³/mol. The van der Waals surface area contributed by atoms with Crippen molar-refractivity contribution in [1.29, 1.82) is 0 Å². The molecule has 1 saturated heterocycles. The zero-order chi connectivity index (χ0) is 18.9. The highest BCUT2D eigenvalue weighted by atomic mass is 35.5. The van der Waals surface area contributed by atoms with Crippen molar-refractivity contribution in [1.82, 2.24) is 0 Å². The lowest BCUT2D eigenvalue weighted by Crippen LogP contribution is -2.34. The van der Waals surface area contributed by atoms with Crippen LogP contribution in [0.25, 0.3) is 0 Å². The van der Waals surface area contributed by atoms with Crippen LogP contribution in [0, 0.1) is 0 Å². The van der Waals surface area contributed by atoms with E-state index in [-0.39, 0.29) is 12.1 Å². The van der Waals surface area contributed by atoms with Gasteiger partial charge in [0.15, 0.2) is 11.4 Å². The molecule has 6 rings (SSSR count). The van der Waals surface area contributed by atoms with E-state index in [1.165, 1.54) is 5.56 Å². The number of hydrogen-bond donors (Lipinski definition) is 0. The maximum atomic E-state index is 13.2. The standard InChI is InChI=1S/C23H16ClNO3/c24-15-9-10-20-18(13-15)25-21(16-6-2-4-8-19(16)27-20)23(28-22(25)26)12-11-14-5-1-3-7-17(14)23/h1-10,13,21H,11-12H2/t21-,23+/m1/s1. The number of fused-ring (bicyclic) bond motifs is 8. The molecule has 1 spiro atoms. The SMILES string of the molecule is O=C1O[C@]2(CCc3ccccc32)[C@H]2c3ccccc3Oc3ccc(Cl)cc3N12. The Morgan fingerprint density at radius 3 is 2.75 bits per heavy atom. The molecule has 1 fully saturated rings. The summed E-state index contributed by atoms with van der Waals surface area (Å²) in [5, 5.41) is 0.549. The van der Waals surface area contributed by atoms with E-state index < -0.39 is 5.60 Å². The van der Waals surface area contributed by atoms with E-state index >= 15 is 0 Å². The lowest BCUT2D eigenvalue weighted by atomic mass is 9.83. The van der Waals surface area contributed by atoms with E-state index in [1.54, 1.807) is 23.1 Å². The Hall–Kier alpha value is -2.98. The molecular weight excluding hydrogens is 374 g/mol. The number of aryl methyl sites for hydroxylation is 1. The van der Waals surface area contributed by atoms with E-state index in [9.17, 15) is 4.79 Å². The van der Waals surface area contributed by atoms with Crippen molar-refractivity contribution in [2.24, 2.45) is 0 Å². The van der Waals surface area contributed by atoms with Gasteiger partial charge in [-0.25, -0.2) is 4.79 Å². The highest BCUT2D eigenvalue weighted by Crippen LogP contribution is 2.60. The van der Waals surface area contributed by atoms with Crippen LogP contribution < -0.4 is 9.64 Å². The zero-order valence-electron chi connectivity index (χ0n) is 14.9. The molecule has 4 nitrogen and oxygen atoms in total. The van der Waals surface area contributed by atoms with Crippen molar-refractivity contribution in [3.8, 4) is 11.5 Å². The van der Waals surface area contributed by atoms with Gasteiger partial charge < -0.3 is 9.47 Å². The number of nitrogens with zero attached hydrogens (tertiary/aromatic N) is 1. The van der Waals surface area contributed by atoms with Crippen molar-refractivity contribution in [2.45, 2.75) is 24.5 Å². The van der Waals surface area contributed by atoms with Crippen LogP contribution in [0.4, 0.5) is 10.5 Å². The van der Waals surface area contributed by atoms with Crippen LogP contribution in [0.5, 0.6) is 11.5 Å². The number of rotatable bonds is 0. The molecule has 3 aromatic carbocycles. The van der Waals surface area contributed by atoms with Crippen molar-refractivity contribution in [2.75, 3.05) is 4.90 Å².